The molecule has 0 bridgehead atoms. The summed E-state index contributed by atoms with van der Waals surface area (Å²) in [7, 11) is 1.69. The minimum atomic E-state index is 0.547. The fourth-order valence-corrected chi connectivity index (χ4v) is 2.02. The van der Waals surface area contributed by atoms with Crippen molar-refractivity contribution < 1.29 is 4.74 Å². The molecule has 1 fully saturated rings. The van der Waals surface area contributed by atoms with Gasteiger partial charge in [-0.25, -0.2) is 0 Å². The Morgan fingerprint density at radius 1 is 1.37 bits per heavy atom. The van der Waals surface area contributed by atoms with Crippen molar-refractivity contribution in [3.63, 3.8) is 0 Å². The molecule has 1 aliphatic rings. The Balaban J connectivity index is 1.86. The molecule has 3 rings (SSSR count). The van der Waals surface area contributed by atoms with Crippen molar-refractivity contribution >= 4 is 0 Å². The Morgan fingerprint density at radius 3 is 3.00 bits per heavy atom. The number of benzene rings is 1. The average molecular weight is 259 g/mol. The Kier molecular flexibility index (Phi) is 3.52. The molecule has 1 heterocycles. The highest BCUT2D eigenvalue weighted by molar-refractivity contribution is 5.40. The second-order valence-corrected chi connectivity index (χ2v) is 4.72. The van der Waals surface area contributed by atoms with E-state index in [0.29, 0.717) is 19.2 Å². The number of nitrogens with one attached hydrogen (secondary N) is 1. The van der Waals surface area contributed by atoms with Crippen LogP contribution in [0.5, 0.6) is 0 Å². The van der Waals surface area contributed by atoms with Gasteiger partial charge in [-0.05, 0) is 29.3 Å². The first-order valence-electron chi connectivity index (χ1n) is 6.46. The van der Waals surface area contributed by atoms with Gasteiger partial charge in [0.1, 0.15) is 0 Å². The molecule has 0 radical (unpaired) electrons. The number of nitrogens with zero attached hydrogens (tertiary/aromatic N) is 4. The fraction of sp³-hybridized carbons (Fsp3) is 0.462. The second kappa shape index (κ2) is 5.46. The van der Waals surface area contributed by atoms with Gasteiger partial charge in [0, 0.05) is 18.7 Å². The van der Waals surface area contributed by atoms with Gasteiger partial charge < -0.3 is 10.1 Å². The lowest BCUT2D eigenvalue weighted by Gasteiger charge is -2.10. The quantitative estimate of drug-likeness (QED) is 0.840. The average Bonchev–Trinajstić information content (AvgIpc) is 3.15. The molecule has 1 saturated carbocycles. The highest BCUT2D eigenvalue weighted by Gasteiger charge is 2.21. The molecule has 1 aromatic carbocycles. The number of tetrazole rings is 1. The maximum Gasteiger partial charge on any atom is 0.170 e. The van der Waals surface area contributed by atoms with Crippen molar-refractivity contribution in [2.24, 2.45) is 0 Å². The molecule has 19 heavy (non-hydrogen) atoms. The maximum absolute atomic E-state index is 5.22. The van der Waals surface area contributed by atoms with Crippen LogP contribution in [0.3, 0.4) is 0 Å². The third-order valence-corrected chi connectivity index (χ3v) is 3.18. The van der Waals surface area contributed by atoms with Crippen LogP contribution in [-0.4, -0.2) is 33.4 Å². The summed E-state index contributed by atoms with van der Waals surface area (Å²) in [6.45, 7) is 1.24. The van der Waals surface area contributed by atoms with E-state index in [1.807, 2.05) is 24.3 Å². The van der Waals surface area contributed by atoms with Gasteiger partial charge in [0.15, 0.2) is 5.82 Å². The van der Waals surface area contributed by atoms with Crippen LogP contribution in [0, 0.1) is 0 Å². The summed E-state index contributed by atoms with van der Waals surface area (Å²) < 4.78 is 7.00. The van der Waals surface area contributed by atoms with E-state index in [2.05, 4.69) is 20.8 Å². The Bertz CT molecular complexity index is 549. The molecule has 0 aliphatic heterocycles. The summed E-state index contributed by atoms with van der Waals surface area (Å²) in [5.41, 5.74) is 2.05. The highest BCUT2D eigenvalue weighted by Crippen LogP contribution is 2.20. The smallest absolute Gasteiger partial charge is 0.170 e. The van der Waals surface area contributed by atoms with Crippen LogP contribution < -0.4 is 5.32 Å². The SMILES string of the molecule is COCc1ccccc1-n1nnnc1CNC1CC1. The van der Waals surface area contributed by atoms with E-state index in [-0.39, 0.29) is 0 Å². The van der Waals surface area contributed by atoms with Crippen LogP contribution in [0.2, 0.25) is 0 Å². The third kappa shape index (κ3) is 2.80. The van der Waals surface area contributed by atoms with Crippen molar-refractivity contribution in [3.05, 3.63) is 35.7 Å². The number of aromatic nitrogens is 4. The van der Waals surface area contributed by atoms with Crippen molar-refractivity contribution in [2.45, 2.75) is 32.0 Å². The number of methoxy groups -OCH3 is 1. The molecular formula is C13H17N5O. The molecule has 1 N–H and O–H groups in total. The molecule has 2 aromatic rings. The topological polar surface area (TPSA) is 64.9 Å². The van der Waals surface area contributed by atoms with Gasteiger partial charge in [0.2, 0.25) is 0 Å². The number of rotatable bonds is 6. The minimum Gasteiger partial charge on any atom is -0.380 e. The predicted octanol–water partition coefficient (Wildman–Crippen LogP) is 1.06. The molecule has 6 heteroatoms. The number of hydrogen-bond acceptors (Lipinski definition) is 5. The first kappa shape index (κ1) is 12.3. The fourth-order valence-electron chi connectivity index (χ4n) is 2.02. The monoisotopic (exact) mass is 259 g/mol. The zero-order chi connectivity index (χ0) is 13.1. The van der Waals surface area contributed by atoms with Crippen molar-refractivity contribution in [2.75, 3.05) is 7.11 Å². The van der Waals surface area contributed by atoms with Crippen LogP contribution in [0.15, 0.2) is 24.3 Å². The van der Waals surface area contributed by atoms with Crippen molar-refractivity contribution in [1.29, 1.82) is 0 Å². The number of para-hydroxylation sites is 1. The molecule has 0 atom stereocenters. The molecule has 6 nitrogen and oxygen atoms in total. The molecule has 0 amide bonds. The summed E-state index contributed by atoms with van der Waals surface area (Å²) in [5.74, 6) is 0.829. The third-order valence-electron chi connectivity index (χ3n) is 3.18. The summed E-state index contributed by atoms with van der Waals surface area (Å²) in [4.78, 5) is 0. The molecule has 0 unspecified atom stereocenters. The maximum atomic E-state index is 5.22. The van der Waals surface area contributed by atoms with Gasteiger partial charge in [-0.15, -0.1) is 5.10 Å². The Labute approximate surface area is 111 Å². The molecule has 1 aliphatic carbocycles. The van der Waals surface area contributed by atoms with Gasteiger partial charge in [0.05, 0.1) is 18.8 Å². The van der Waals surface area contributed by atoms with E-state index in [9.17, 15) is 0 Å². The lowest BCUT2D eigenvalue weighted by atomic mass is 10.2. The number of hydrogen-bond donors (Lipinski definition) is 1. The van der Waals surface area contributed by atoms with Gasteiger partial charge in [-0.1, -0.05) is 18.2 Å². The zero-order valence-corrected chi connectivity index (χ0v) is 10.9. The van der Waals surface area contributed by atoms with E-state index in [1.165, 1.54) is 12.8 Å². The van der Waals surface area contributed by atoms with E-state index < -0.39 is 0 Å². The summed E-state index contributed by atoms with van der Waals surface area (Å²) in [6.07, 6.45) is 2.50. The number of ether oxygens (including phenoxy) is 1. The molecular weight excluding hydrogens is 242 g/mol. The standard InChI is InChI=1S/C13H17N5O/c1-19-9-10-4-2-3-5-12(10)18-13(15-16-17-18)8-14-11-6-7-11/h2-5,11,14H,6-9H2,1H3. The van der Waals surface area contributed by atoms with E-state index in [4.69, 9.17) is 4.74 Å². The second-order valence-electron chi connectivity index (χ2n) is 4.72. The minimum absolute atomic E-state index is 0.547. The van der Waals surface area contributed by atoms with Gasteiger partial charge in [0.25, 0.3) is 0 Å². The molecule has 0 spiro atoms. The Morgan fingerprint density at radius 2 is 2.21 bits per heavy atom. The van der Waals surface area contributed by atoms with Gasteiger partial charge in [-0.3, -0.25) is 0 Å². The largest absolute Gasteiger partial charge is 0.380 e. The summed E-state index contributed by atoms with van der Waals surface area (Å²) >= 11 is 0. The highest BCUT2D eigenvalue weighted by atomic mass is 16.5. The summed E-state index contributed by atoms with van der Waals surface area (Å²) in [5, 5.41) is 15.4. The van der Waals surface area contributed by atoms with Crippen LogP contribution in [0.1, 0.15) is 24.2 Å². The first-order valence-corrected chi connectivity index (χ1v) is 6.46. The molecule has 0 saturated heterocycles. The van der Waals surface area contributed by atoms with Crippen molar-refractivity contribution in [1.82, 2.24) is 25.5 Å². The van der Waals surface area contributed by atoms with Gasteiger partial charge in [-0.2, -0.15) is 4.68 Å². The summed E-state index contributed by atoms with van der Waals surface area (Å²) in [6, 6.07) is 8.64. The van der Waals surface area contributed by atoms with Crippen LogP contribution in [0.25, 0.3) is 5.69 Å². The van der Waals surface area contributed by atoms with Crippen LogP contribution in [0.4, 0.5) is 0 Å². The lowest BCUT2D eigenvalue weighted by molar-refractivity contribution is 0.184. The Hall–Kier alpha value is -1.79. The molecule has 100 valence electrons. The predicted molar refractivity (Wildman–Crippen MR) is 69.7 cm³/mol. The normalized spacial score (nSPS) is 14.8. The van der Waals surface area contributed by atoms with E-state index >= 15 is 0 Å². The van der Waals surface area contributed by atoms with E-state index in [0.717, 1.165) is 17.1 Å². The van der Waals surface area contributed by atoms with Gasteiger partial charge >= 0.3 is 0 Å². The lowest BCUT2D eigenvalue weighted by Crippen LogP contribution is -2.19. The van der Waals surface area contributed by atoms with E-state index in [1.54, 1.807) is 11.8 Å². The zero-order valence-electron chi connectivity index (χ0n) is 10.9. The van der Waals surface area contributed by atoms with Crippen molar-refractivity contribution in [3.8, 4) is 5.69 Å². The molecule has 1 aromatic heterocycles. The van der Waals surface area contributed by atoms with Crippen LogP contribution >= 0.6 is 0 Å². The first-order chi connectivity index (χ1) is 9.38. The van der Waals surface area contributed by atoms with Crippen LogP contribution in [-0.2, 0) is 17.9 Å².